The Morgan fingerprint density at radius 2 is 2.00 bits per heavy atom. The maximum atomic E-state index is 11.9. The molecule has 0 fully saturated rings. The van der Waals surface area contributed by atoms with Crippen LogP contribution in [0, 0.1) is 0 Å². The van der Waals surface area contributed by atoms with Crippen LogP contribution in [0.5, 0.6) is 0 Å². The first-order valence-electron chi connectivity index (χ1n) is 4.70. The van der Waals surface area contributed by atoms with Gasteiger partial charge in [0.1, 0.15) is 0 Å². The van der Waals surface area contributed by atoms with E-state index in [1.54, 1.807) is 11.9 Å². The van der Waals surface area contributed by atoms with Gasteiger partial charge < -0.3 is 10.2 Å². The molecule has 0 aliphatic heterocycles. The van der Waals surface area contributed by atoms with Crippen molar-refractivity contribution in [2.45, 2.75) is 32.2 Å². The van der Waals surface area contributed by atoms with Crippen molar-refractivity contribution in [2.75, 3.05) is 27.2 Å². The Labute approximate surface area is 79.3 Å². The molecule has 0 radical (unpaired) electrons. The van der Waals surface area contributed by atoms with Crippen LogP contribution in [0.3, 0.4) is 0 Å². The number of hydrogen-bond acceptors (Lipinski definition) is 2. The predicted molar refractivity (Wildman–Crippen MR) is 51.3 cm³/mol. The van der Waals surface area contributed by atoms with Gasteiger partial charge in [-0.25, -0.2) is 8.78 Å². The van der Waals surface area contributed by atoms with Crippen LogP contribution in [0.15, 0.2) is 0 Å². The molecule has 0 heterocycles. The van der Waals surface area contributed by atoms with E-state index < -0.39 is 6.43 Å². The van der Waals surface area contributed by atoms with Gasteiger partial charge in [-0.2, -0.15) is 0 Å². The number of nitrogens with one attached hydrogen (secondary N) is 1. The van der Waals surface area contributed by atoms with Crippen LogP contribution < -0.4 is 5.32 Å². The van der Waals surface area contributed by atoms with Crippen molar-refractivity contribution in [3.8, 4) is 0 Å². The molecule has 4 heteroatoms. The topological polar surface area (TPSA) is 15.3 Å². The Balaban J connectivity index is 3.31. The SMILES string of the molecule is CNC(C)CCCN(C)CC(F)F. The van der Waals surface area contributed by atoms with Crippen molar-refractivity contribution < 1.29 is 8.78 Å². The van der Waals surface area contributed by atoms with E-state index >= 15 is 0 Å². The molecular weight excluding hydrogens is 174 g/mol. The second-order valence-corrected chi connectivity index (χ2v) is 3.49. The summed E-state index contributed by atoms with van der Waals surface area (Å²) in [5, 5.41) is 3.11. The highest BCUT2D eigenvalue weighted by molar-refractivity contribution is 4.59. The molecule has 0 aromatic rings. The van der Waals surface area contributed by atoms with E-state index in [0.29, 0.717) is 6.04 Å². The second kappa shape index (κ2) is 7.21. The van der Waals surface area contributed by atoms with Gasteiger partial charge in [-0.1, -0.05) is 0 Å². The van der Waals surface area contributed by atoms with Crippen LogP contribution in [-0.4, -0.2) is 44.6 Å². The van der Waals surface area contributed by atoms with E-state index in [2.05, 4.69) is 12.2 Å². The number of hydrogen-bond donors (Lipinski definition) is 1. The Hall–Kier alpha value is -0.220. The van der Waals surface area contributed by atoms with Crippen LogP contribution in [0.25, 0.3) is 0 Å². The zero-order valence-corrected chi connectivity index (χ0v) is 8.69. The van der Waals surface area contributed by atoms with Crippen molar-refractivity contribution in [1.82, 2.24) is 10.2 Å². The van der Waals surface area contributed by atoms with Gasteiger partial charge in [0.15, 0.2) is 0 Å². The molecule has 13 heavy (non-hydrogen) atoms. The third kappa shape index (κ3) is 8.12. The maximum Gasteiger partial charge on any atom is 0.251 e. The highest BCUT2D eigenvalue weighted by atomic mass is 19.3. The van der Waals surface area contributed by atoms with Gasteiger partial charge in [-0.3, -0.25) is 0 Å². The Kier molecular flexibility index (Phi) is 7.09. The summed E-state index contributed by atoms with van der Waals surface area (Å²) >= 11 is 0. The monoisotopic (exact) mass is 194 g/mol. The van der Waals surface area contributed by atoms with Crippen LogP contribution in [0.4, 0.5) is 8.78 Å². The summed E-state index contributed by atoms with van der Waals surface area (Å²) in [7, 11) is 3.64. The zero-order chi connectivity index (χ0) is 10.3. The van der Waals surface area contributed by atoms with E-state index in [4.69, 9.17) is 0 Å². The Morgan fingerprint density at radius 3 is 2.46 bits per heavy atom. The molecule has 80 valence electrons. The van der Waals surface area contributed by atoms with Crippen molar-refractivity contribution in [2.24, 2.45) is 0 Å². The minimum absolute atomic E-state index is 0.117. The fourth-order valence-electron chi connectivity index (χ4n) is 1.14. The average molecular weight is 194 g/mol. The smallest absolute Gasteiger partial charge is 0.251 e. The summed E-state index contributed by atoms with van der Waals surface area (Å²) in [5.74, 6) is 0. The molecule has 0 saturated heterocycles. The highest BCUT2D eigenvalue weighted by Crippen LogP contribution is 2.00. The Bertz CT molecular complexity index is 120. The summed E-state index contributed by atoms with van der Waals surface area (Å²) in [5.41, 5.74) is 0. The summed E-state index contributed by atoms with van der Waals surface area (Å²) < 4.78 is 23.8. The van der Waals surface area contributed by atoms with Crippen LogP contribution >= 0.6 is 0 Å². The molecule has 0 bridgehead atoms. The van der Waals surface area contributed by atoms with Gasteiger partial charge in [0.25, 0.3) is 6.43 Å². The lowest BCUT2D eigenvalue weighted by Gasteiger charge is -2.17. The second-order valence-electron chi connectivity index (χ2n) is 3.49. The van der Waals surface area contributed by atoms with Crippen molar-refractivity contribution in [1.29, 1.82) is 0 Å². The number of halogens is 2. The van der Waals surface area contributed by atoms with E-state index in [9.17, 15) is 8.78 Å². The molecule has 0 aliphatic rings. The summed E-state index contributed by atoms with van der Waals surface area (Å²) in [6.07, 6.45) is -0.221. The highest BCUT2D eigenvalue weighted by Gasteiger charge is 2.07. The van der Waals surface area contributed by atoms with Gasteiger partial charge in [-0.05, 0) is 40.4 Å². The molecule has 2 nitrogen and oxygen atoms in total. The van der Waals surface area contributed by atoms with Crippen LogP contribution in [0.2, 0.25) is 0 Å². The summed E-state index contributed by atoms with van der Waals surface area (Å²) in [6, 6.07) is 0.472. The predicted octanol–water partition coefficient (Wildman–Crippen LogP) is 1.57. The molecule has 1 unspecified atom stereocenters. The quantitative estimate of drug-likeness (QED) is 0.662. The lowest BCUT2D eigenvalue weighted by atomic mass is 10.2. The number of alkyl halides is 2. The number of nitrogens with zero attached hydrogens (tertiary/aromatic N) is 1. The molecule has 1 N–H and O–H groups in total. The van der Waals surface area contributed by atoms with Crippen molar-refractivity contribution >= 4 is 0 Å². The fourth-order valence-corrected chi connectivity index (χ4v) is 1.14. The van der Waals surface area contributed by atoms with E-state index in [-0.39, 0.29) is 6.54 Å². The van der Waals surface area contributed by atoms with Gasteiger partial charge in [-0.15, -0.1) is 0 Å². The maximum absolute atomic E-state index is 11.9. The fraction of sp³-hybridized carbons (Fsp3) is 1.00. The summed E-state index contributed by atoms with van der Waals surface area (Å²) in [4.78, 5) is 1.67. The zero-order valence-electron chi connectivity index (χ0n) is 8.69. The Morgan fingerprint density at radius 1 is 1.38 bits per heavy atom. The van der Waals surface area contributed by atoms with Gasteiger partial charge in [0, 0.05) is 6.04 Å². The minimum Gasteiger partial charge on any atom is -0.317 e. The van der Waals surface area contributed by atoms with E-state index in [1.165, 1.54) is 0 Å². The first kappa shape index (κ1) is 12.8. The molecule has 0 rings (SSSR count). The lowest BCUT2D eigenvalue weighted by molar-refractivity contribution is 0.0993. The van der Waals surface area contributed by atoms with Crippen molar-refractivity contribution in [3.63, 3.8) is 0 Å². The van der Waals surface area contributed by atoms with Gasteiger partial charge >= 0.3 is 0 Å². The largest absolute Gasteiger partial charge is 0.317 e. The van der Waals surface area contributed by atoms with Crippen molar-refractivity contribution in [3.05, 3.63) is 0 Å². The van der Waals surface area contributed by atoms with Crippen LogP contribution in [0.1, 0.15) is 19.8 Å². The lowest BCUT2D eigenvalue weighted by Crippen LogP contribution is -2.27. The standard InChI is InChI=1S/C9H20F2N2/c1-8(12-2)5-4-6-13(3)7-9(10)11/h8-9,12H,4-7H2,1-3H3. The normalized spacial score (nSPS) is 14.1. The molecule has 1 atom stereocenters. The molecule has 0 saturated carbocycles. The third-order valence-electron chi connectivity index (χ3n) is 2.12. The molecule has 0 aliphatic carbocycles. The first-order valence-corrected chi connectivity index (χ1v) is 4.70. The first-order chi connectivity index (χ1) is 6.06. The molecule has 0 aromatic heterocycles. The third-order valence-corrected chi connectivity index (χ3v) is 2.12. The van der Waals surface area contributed by atoms with Crippen LogP contribution in [-0.2, 0) is 0 Å². The van der Waals surface area contributed by atoms with E-state index in [0.717, 1.165) is 19.4 Å². The average Bonchev–Trinajstić information content (AvgIpc) is 2.02. The summed E-state index contributed by atoms with van der Waals surface area (Å²) in [6.45, 7) is 2.72. The minimum atomic E-state index is -2.22. The molecule has 0 amide bonds. The number of rotatable bonds is 7. The van der Waals surface area contributed by atoms with Gasteiger partial charge in [0.05, 0.1) is 6.54 Å². The molecule has 0 spiro atoms. The molecular formula is C9H20F2N2. The van der Waals surface area contributed by atoms with Gasteiger partial charge in [0.2, 0.25) is 0 Å². The molecule has 0 aromatic carbocycles. The van der Waals surface area contributed by atoms with E-state index in [1.807, 2.05) is 7.05 Å².